The van der Waals surface area contributed by atoms with Crippen molar-refractivity contribution in [2.24, 2.45) is 0 Å². The normalized spacial score (nSPS) is 9.76. The van der Waals surface area contributed by atoms with Crippen LogP contribution in [0.2, 0.25) is 0 Å². The number of nitrogen functional groups attached to an aromatic ring is 1. The molecular weight excluding hydrogens is 238 g/mol. The molecule has 0 fully saturated rings. The average Bonchev–Trinajstić information content (AvgIpc) is 2.27. The SMILES string of the molecule is CC(=O)NNC(=O)CSc1cc(C)ccc1N. The lowest BCUT2D eigenvalue weighted by Crippen LogP contribution is -2.41. The first-order chi connectivity index (χ1) is 7.99. The van der Waals surface area contributed by atoms with Gasteiger partial charge in [0.1, 0.15) is 0 Å². The number of anilines is 1. The van der Waals surface area contributed by atoms with Gasteiger partial charge in [-0.3, -0.25) is 20.4 Å². The molecule has 4 N–H and O–H groups in total. The number of nitrogens with one attached hydrogen (secondary N) is 2. The smallest absolute Gasteiger partial charge is 0.248 e. The molecule has 5 nitrogen and oxygen atoms in total. The molecule has 2 amide bonds. The van der Waals surface area contributed by atoms with Gasteiger partial charge in [0, 0.05) is 17.5 Å². The molecule has 6 heteroatoms. The lowest BCUT2D eigenvalue weighted by atomic mass is 10.2. The van der Waals surface area contributed by atoms with Gasteiger partial charge in [-0.1, -0.05) is 6.07 Å². The molecular formula is C11H15N3O2S. The number of carbonyl (C=O) groups is 2. The highest BCUT2D eigenvalue weighted by molar-refractivity contribution is 8.00. The highest BCUT2D eigenvalue weighted by atomic mass is 32.2. The van der Waals surface area contributed by atoms with E-state index in [1.54, 1.807) is 0 Å². The summed E-state index contributed by atoms with van der Waals surface area (Å²) in [7, 11) is 0. The number of hydrogen-bond acceptors (Lipinski definition) is 4. The number of aryl methyl sites for hydroxylation is 1. The van der Waals surface area contributed by atoms with Crippen molar-refractivity contribution in [1.82, 2.24) is 10.9 Å². The zero-order valence-corrected chi connectivity index (χ0v) is 10.6. The van der Waals surface area contributed by atoms with Crippen LogP contribution in [0.3, 0.4) is 0 Å². The van der Waals surface area contributed by atoms with Crippen LogP contribution in [0.5, 0.6) is 0 Å². The summed E-state index contributed by atoms with van der Waals surface area (Å²) in [6.45, 7) is 3.28. The van der Waals surface area contributed by atoms with Crippen molar-refractivity contribution in [3.8, 4) is 0 Å². The van der Waals surface area contributed by atoms with Gasteiger partial charge in [0.15, 0.2) is 0 Å². The summed E-state index contributed by atoms with van der Waals surface area (Å²) in [5.74, 6) is -0.377. The van der Waals surface area contributed by atoms with Gasteiger partial charge < -0.3 is 5.73 Å². The van der Waals surface area contributed by atoms with Gasteiger partial charge in [-0.15, -0.1) is 11.8 Å². The van der Waals surface area contributed by atoms with Gasteiger partial charge in [-0.2, -0.15) is 0 Å². The van der Waals surface area contributed by atoms with Gasteiger partial charge in [0.25, 0.3) is 0 Å². The van der Waals surface area contributed by atoms with Crippen molar-refractivity contribution in [3.05, 3.63) is 23.8 Å². The van der Waals surface area contributed by atoms with Crippen LogP contribution in [0.25, 0.3) is 0 Å². The maximum Gasteiger partial charge on any atom is 0.248 e. The van der Waals surface area contributed by atoms with Crippen LogP contribution in [0.15, 0.2) is 23.1 Å². The lowest BCUT2D eigenvalue weighted by molar-refractivity contribution is -0.126. The summed E-state index contributed by atoms with van der Waals surface area (Å²) in [5.41, 5.74) is 12.0. The monoisotopic (exact) mass is 253 g/mol. The molecule has 0 aliphatic carbocycles. The van der Waals surface area contributed by atoms with E-state index in [0.717, 1.165) is 10.5 Å². The second-order valence-electron chi connectivity index (χ2n) is 3.56. The van der Waals surface area contributed by atoms with Gasteiger partial charge in [0.05, 0.1) is 5.75 Å². The van der Waals surface area contributed by atoms with Crippen molar-refractivity contribution < 1.29 is 9.59 Å². The van der Waals surface area contributed by atoms with E-state index in [1.165, 1.54) is 18.7 Å². The van der Waals surface area contributed by atoms with Crippen LogP contribution in [0, 0.1) is 6.92 Å². The van der Waals surface area contributed by atoms with Crippen LogP contribution in [0.4, 0.5) is 5.69 Å². The third-order valence-electron chi connectivity index (χ3n) is 1.91. The number of rotatable bonds is 3. The number of thioether (sulfide) groups is 1. The maximum atomic E-state index is 11.3. The Hall–Kier alpha value is -1.69. The largest absolute Gasteiger partial charge is 0.398 e. The number of nitrogens with two attached hydrogens (primary N) is 1. The van der Waals surface area contributed by atoms with Gasteiger partial charge >= 0.3 is 0 Å². The molecule has 0 spiro atoms. The van der Waals surface area contributed by atoms with E-state index < -0.39 is 0 Å². The van der Waals surface area contributed by atoms with E-state index in [9.17, 15) is 9.59 Å². The molecule has 1 aromatic carbocycles. The van der Waals surface area contributed by atoms with E-state index >= 15 is 0 Å². The Morgan fingerprint density at radius 2 is 2.06 bits per heavy atom. The minimum atomic E-state index is -0.307. The fourth-order valence-electron chi connectivity index (χ4n) is 1.10. The predicted molar refractivity (Wildman–Crippen MR) is 68.3 cm³/mol. The van der Waals surface area contributed by atoms with Crippen molar-refractivity contribution in [3.63, 3.8) is 0 Å². The minimum absolute atomic E-state index is 0.202. The van der Waals surface area contributed by atoms with E-state index in [2.05, 4.69) is 10.9 Å². The standard InChI is InChI=1S/C11H15N3O2S/c1-7-3-4-9(12)10(5-7)17-6-11(16)14-13-8(2)15/h3-5H,6,12H2,1-2H3,(H,13,15)(H,14,16). The Balaban J connectivity index is 2.47. The molecule has 0 unspecified atom stereocenters. The summed E-state index contributed by atoms with van der Waals surface area (Å²) in [4.78, 5) is 22.8. The molecule has 0 aliphatic rings. The lowest BCUT2D eigenvalue weighted by Gasteiger charge is -2.07. The summed E-state index contributed by atoms with van der Waals surface area (Å²) < 4.78 is 0. The second-order valence-corrected chi connectivity index (χ2v) is 4.58. The maximum absolute atomic E-state index is 11.3. The highest BCUT2D eigenvalue weighted by Crippen LogP contribution is 2.25. The number of amides is 2. The summed E-state index contributed by atoms with van der Waals surface area (Å²) in [6, 6.07) is 5.64. The number of carbonyl (C=O) groups excluding carboxylic acids is 2. The van der Waals surface area contributed by atoms with Crippen molar-refractivity contribution >= 4 is 29.3 Å². The first kappa shape index (κ1) is 13.4. The van der Waals surface area contributed by atoms with Gasteiger partial charge in [0.2, 0.25) is 11.8 Å². The number of hydrogen-bond donors (Lipinski definition) is 3. The highest BCUT2D eigenvalue weighted by Gasteiger charge is 2.05. The first-order valence-corrected chi connectivity index (χ1v) is 6.02. The Labute approximate surface area is 104 Å². The first-order valence-electron chi connectivity index (χ1n) is 5.03. The zero-order valence-electron chi connectivity index (χ0n) is 9.74. The van der Waals surface area contributed by atoms with Gasteiger partial charge in [-0.05, 0) is 24.6 Å². The molecule has 0 saturated carbocycles. The summed E-state index contributed by atoms with van der Waals surface area (Å²) in [6.07, 6.45) is 0. The molecule has 0 saturated heterocycles. The Morgan fingerprint density at radius 1 is 1.35 bits per heavy atom. The molecule has 0 heterocycles. The fourth-order valence-corrected chi connectivity index (χ4v) is 1.97. The van der Waals surface area contributed by atoms with E-state index in [0.29, 0.717) is 5.69 Å². The fraction of sp³-hybridized carbons (Fsp3) is 0.273. The molecule has 17 heavy (non-hydrogen) atoms. The molecule has 92 valence electrons. The third kappa shape index (κ3) is 4.78. The van der Waals surface area contributed by atoms with Crippen LogP contribution in [0.1, 0.15) is 12.5 Å². The molecule has 0 atom stereocenters. The second kappa shape index (κ2) is 6.15. The molecule has 0 aliphatic heterocycles. The summed E-state index contributed by atoms with van der Waals surface area (Å²) >= 11 is 1.33. The Morgan fingerprint density at radius 3 is 2.71 bits per heavy atom. The molecule has 1 aromatic rings. The number of benzene rings is 1. The predicted octanol–water partition coefficient (Wildman–Crippen LogP) is 0.837. The van der Waals surface area contributed by atoms with E-state index in [1.807, 2.05) is 25.1 Å². The van der Waals surface area contributed by atoms with Gasteiger partial charge in [-0.25, -0.2) is 0 Å². The van der Waals surface area contributed by atoms with Crippen LogP contribution < -0.4 is 16.6 Å². The molecule has 0 bridgehead atoms. The zero-order chi connectivity index (χ0) is 12.8. The van der Waals surface area contributed by atoms with E-state index in [-0.39, 0.29) is 17.6 Å². The third-order valence-corrected chi connectivity index (χ3v) is 2.98. The van der Waals surface area contributed by atoms with Crippen molar-refractivity contribution in [1.29, 1.82) is 0 Å². The average molecular weight is 253 g/mol. The summed E-state index contributed by atoms with van der Waals surface area (Å²) in [5, 5.41) is 0. The van der Waals surface area contributed by atoms with Crippen LogP contribution in [-0.4, -0.2) is 17.6 Å². The quantitative estimate of drug-likeness (QED) is 0.423. The van der Waals surface area contributed by atoms with E-state index in [4.69, 9.17) is 5.73 Å². The molecule has 0 aromatic heterocycles. The molecule has 1 rings (SSSR count). The van der Waals surface area contributed by atoms with Crippen molar-refractivity contribution in [2.75, 3.05) is 11.5 Å². The van der Waals surface area contributed by atoms with Crippen LogP contribution in [-0.2, 0) is 9.59 Å². The van der Waals surface area contributed by atoms with Crippen LogP contribution >= 0.6 is 11.8 Å². The Bertz CT molecular complexity index is 435. The van der Waals surface area contributed by atoms with Crippen molar-refractivity contribution in [2.45, 2.75) is 18.7 Å². The number of hydrazine groups is 1. The Kier molecular flexibility index (Phi) is 4.84. The minimum Gasteiger partial charge on any atom is -0.398 e. The topological polar surface area (TPSA) is 84.2 Å². The molecule has 0 radical (unpaired) electrons.